The van der Waals surface area contributed by atoms with Crippen LogP contribution in [-0.4, -0.2) is 9.13 Å². The standard InChI is InChI=1S/C50H34N2/c1-3-15-35(16-4-1)49(36-17-5-2-6-18-36)50(37-27-31-39(32-28-37)51-45-23-11-7-19-41(45)42-20-8-12-24-46(42)51)38-29-33-40(34-30-38)52-47-25-13-9-21-43(47)44-22-10-14-26-48(44)52/h1-34H. The molecule has 52 heavy (non-hydrogen) atoms. The van der Waals surface area contributed by atoms with Crippen LogP contribution in [0.15, 0.2) is 206 Å². The average Bonchev–Trinajstić information content (AvgIpc) is 3.74. The Kier molecular flexibility index (Phi) is 7.18. The van der Waals surface area contributed by atoms with E-state index < -0.39 is 0 Å². The average molecular weight is 663 g/mol. The number of fused-ring (bicyclic) bond motifs is 6. The van der Waals surface area contributed by atoms with Crippen molar-refractivity contribution in [2.24, 2.45) is 0 Å². The fourth-order valence-electron chi connectivity index (χ4n) is 8.08. The van der Waals surface area contributed by atoms with E-state index in [9.17, 15) is 0 Å². The number of rotatable bonds is 6. The highest BCUT2D eigenvalue weighted by molar-refractivity contribution is 6.10. The molecule has 10 rings (SSSR count). The molecule has 244 valence electrons. The summed E-state index contributed by atoms with van der Waals surface area (Å²) >= 11 is 0. The van der Waals surface area contributed by atoms with Gasteiger partial charge in [-0.3, -0.25) is 0 Å². The number of hydrogen-bond acceptors (Lipinski definition) is 0. The Morgan fingerprint density at radius 2 is 0.481 bits per heavy atom. The Balaban J connectivity index is 1.18. The van der Waals surface area contributed by atoms with E-state index in [2.05, 4.69) is 215 Å². The lowest BCUT2D eigenvalue weighted by Crippen LogP contribution is -2.00. The quantitative estimate of drug-likeness (QED) is 0.157. The fourth-order valence-corrected chi connectivity index (χ4v) is 8.08. The van der Waals surface area contributed by atoms with Gasteiger partial charge in [-0.1, -0.05) is 158 Å². The van der Waals surface area contributed by atoms with Crippen LogP contribution in [0.2, 0.25) is 0 Å². The molecule has 0 atom stereocenters. The van der Waals surface area contributed by atoms with Crippen LogP contribution in [0.5, 0.6) is 0 Å². The molecule has 0 aliphatic heterocycles. The lowest BCUT2D eigenvalue weighted by molar-refractivity contribution is 1.18. The Morgan fingerprint density at radius 3 is 0.788 bits per heavy atom. The smallest absolute Gasteiger partial charge is 0.0541 e. The molecular formula is C50H34N2. The third kappa shape index (κ3) is 4.88. The maximum absolute atomic E-state index is 2.38. The van der Waals surface area contributed by atoms with E-state index in [4.69, 9.17) is 0 Å². The van der Waals surface area contributed by atoms with Crippen LogP contribution in [-0.2, 0) is 0 Å². The summed E-state index contributed by atoms with van der Waals surface area (Å²) in [5, 5.41) is 5.06. The number of nitrogens with zero attached hydrogens (tertiary/aromatic N) is 2. The molecule has 2 heteroatoms. The molecule has 8 aromatic carbocycles. The Bertz CT molecular complexity index is 2600. The van der Waals surface area contributed by atoms with Crippen LogP contribution in [0.4, 0.5) is 0 Å². The maximum atomic E-state index is 2.38. The monoisotopic (exact) mass is 662 g/mol. The SMILES string of the molecule is c1ccc(C(=C(c2ccc(-n3c4ccccc4c4ccccc43)cc2)c2ccc(-n3c4ccccc4c4ccccc43)cc2)c2ccccc2)cc1. The molecule has 0 radical (unpaired) electrons. The molecule has 0 fully saturated rings. The molecule has 0 aliphatic rings. The molecule has 0 unspecified atom stereocenters. The number of para-hydroxylation sites is 4. The van der Waals surface area contributed by atoms with Crippen LogP contribution < -0.4 is 0 Å². The van der Waals surface area contributed by atoms with Gasteiger partial charge in [0.05, 0.1) is 22.1 Å². The summed E-state index contributed by atoms with van der Waals surface area (Å²) in [5.74, 6) is 0. The highest BCUT2D eigenvalue weighted by Gasteiger charge is 2.18. The van der Waals surface area contributed by atoms with Crippen LogP contribution in [0.25, 0.3) is 66.1 Å². The molecule has 2 aromatic heterocycles. The second-order valence-corrected chi connectivity index (χ2v) is 13.3. The van der Waals surface area contributed by atoms with Gasteiger partial charge in [0.2, 0.25) is 0 Å². The van der Waals surface area contributed by atoms with E-state index >= 15 is 0 Å². The summed E-state index contributed by atoms with van der Waals surface area (Å²) in [7, 11) is 0. The van der Waals surface area contributed by atoms with Gasteiger partial charge in [-0.05, 0) is 81.9 Å². The zero-order chi connectivity index (χ0) is 34.4. The zero-order valence-corrected chi connectivity index (χ0v) is 28.5. The van der Waals surface area contributed by atoms with Crippen molar-refractivity contribution in [2.75, 3.05) is 0 Å². The van der Waals surface area contributed by atoms with Gasteiger partial charge >= 0.3 is 0 Å². The van der Waals surface area contributed by atoms with Gasteiger partial charge in [0.15, 0.2) is 0 Å². The summed E-state index contributed by atoms with van der Waals surface area (Å²) in [6.45, 7) is 0. The van der Waals surface area contributed by atoms with Crippen LogP contribution in [0.1, 0.15) is 22.3 Å². The van der Waals surface area contributed by atoms with E-state index in [1.807, 2.05) is 0 Å². The molecule has 0 spiro atoms. The predicted octanol–water partition coefficient (Wildman–Crippen LogP) is 12.9. The molecular weight excluding hydrogens is 629 g/mol. The van der Waals surface area contributed by atoms with Gasteiger partial charge in [-0.2, -0.15) is 0 Å². The van der Waals surface area contributed by atoms with Crippen molar-refractivity contribution in [3.05, 3.63) is 229 Å². The summed E-state index contributed by atoms with van der Waals surface area (Å²) in [6.07, 6.45) is 0. The van der Waals surface area contributed by atoms with Crippen molar-refractivity contribution < 1.29 is 0 Å². The maximum Gasteiger partial charge on any atom is 0.0541 e. The summed E-state index contributed by atoms with van der Waals surface area (Å²) in [6, 6.07) is 74.6. The van der Waals surface area contributed by atoms with Crippen molar-refractivity contribution in [3.8, 4) is 11.4 Å². The van der Waals surface area contributed by atoms with Gasteiger partial charge in [0.25, 0.3) is 0 Å². The molecule has 2 nitrogen and oxygen atoms in total. The molecule has 0 saturated carbocycles. The minimum absolute atomic E-state index is 1.14. The van der Waals surface area contributed by atoms with Gasteiger partial charge < -0.3 is 9.13 Å². The number of hydrogen-bond donors (Lipinski definition) is 0. The van der Waals surface area contributed by atoms with E-state index in [1.165, 1.54) is 65.9 Å². The van der Waals surface area contributed by atoms with Crippen LogP contribution >= 0.6 is 0 Å². The topological polar surface area (TPSA) is 9.86 Å². The minimum atomic E-state index is 1.14. The van der Waals surface area contributed by atoms with Crippen LogP contribution in [0.3, 0.4) is 0 Å². The van der Waals surface area contributed by atoms with Crippen molar-refractivity contribution in [1.29, 1.82) is 0 Å². The number of aromatic nitrogens is 2. The third-order valence-corrected chi connectivity index (χ3v) is 10.4. The largest absolute Gasteiger partial charge is 0.309 e. The highest BCUT2D eigenvalue weighted by atomic mass is 15.0. The lowest BCUT2D eigenvalue weighted by atomic mass is 9.85. The first kappa shape index (κ1) is 30.0. The Morgan fingerprint density at radius 1 is 0.231 bits per heavy atom. The number of benzene rings is 8. The molecule has 10 aromatic rings. The normalized spacial score (nSPS) is 11.5. The Hall–Kier alpha value is -6.90. The first-order valence-electron chi connectivity index (χ1n) is 17.9. The van der Waals surface area contributed by atoms with Crippen molar-refractivity contribution >= 4 is 54.8 Å². The van der Waals surface area contributed by atoms with Crippen molar-refractivity contribution in [3.63, 3.8) is 0 Å². The molecule has 0 aliphatic carbocycles. The van der Waals surface area contributed by atoms with E-state index in [0.717, 1.165) is 22.5 Å². The van der Waals surface area contributed by atoms with Gasteiger partial charge in [-0.15, -0.1) is 0 Å². The first-order chi connectivity index (χ1) is 25.8. The lowest BCUT2D eigenvalue weighted by Gasteiger charge is -2.19. The van der Waals surface area contributed by atoms with Crippen molar-refractivity contribution in [1.82, 2.24) is 9.13 Å². The molecule has 0 N–H and O–H groups in total. The van der Waals surface area contributed by atoms with Crippen LogP contribution in [0, 0.1) is 0 Å². The molecule has 2 heterocycles. The van der Waals surface area contributed by atoms with Crippen molar-refractivity contribution in [2.45, 2.75) is 0 Å². The molecule has 0 amide bonds. The second-order valence-electron chi connectivity index (χ2n) is 13.3. The van der Waals surface area contributed by atoms with Gasteiger partial charge in [0, 0.05) is 32.9 Å². The fraction of sp³-hybridized carbons (Fsp3) is 0. The van der Waals surface area contributed by atoms with Gasteiger partial charge in [0.1, 0.15) is 0 Å². The molecule has 0 bridgehead atoms. The highest BCUT2D eigenvalue weighted by Crippen LogP contribution is 2.39. The van der Waals surface area contributed by atoms with E-state index in [0.29, 0.717) is 0 Å². The minimum Gasteiger partial charge on any atom is -0.309 e. The third-order valence-electron chi connectivity index (χ3n) is 10.4. The van der Waals surface area contributed by atoms with E-state index in [1.54, 1.807) is 0 Å². The van der Waals surface area contributed by atoms with Gasteiger partial charge in [-0.25, -0.2) is 0 Å². The second kappa shape index (κ2) is 12.5. The Labute approximate surface area is 302 Å². The molecule has 0 saturated heterocycles. The first-order valence-corrected chi connectivity index (χ1v) is 17.9. The van der Waals surface area contributed by atoms with E-state index in [-0.39, 0.29) is 0 Å². The summed E-state index contributed by atoms with van der Waals surface area (Å²) in [5.41, 5.74) is 14.2. The zero-order valence-electron chi connectivity index (χ0n) is 28.5. The summed E-state index contributed by atoms with van der Waals surface area (Å²) < 4.78 is 4.77. The summed E-state index contributed by atoms with van der Waals surface area (Å²) in [4.78, 5) is 0. The predicted molar refractivity (Wildman–Crippen MR) is 219 cm³/mol.